The average Bonchev–Trinajstić information content (AvgIpc) is 2.68. The summed E-state index contributed by atoms with van der Waals surface area (Å²) in [6.07, 6.45) is 1.57. The maximum absolute atomic E-state index is 13.0. The van der Waals surface area contributed by atoms with E-state index < -0.39 is 5.82 Å². The maximum atomic E-state index is 13.0. The summed E-state index contributed by atoms with van der Waals surface area (Å²) in [6.45, 7) is 0. The summed E-state index contributed by atoms with van der Waals surface area (Å²) in [5.41, 5.74) is 0.242. The van der Waals surface area contributed by atoms with Gasteiger partial charge in [-0.2, -0.15) is 5.10 Å². The monoisotopic (exact) mass is 297 g/mol. The van der Waals surface area contributed by atoms with Gasteiger partial charge in [0, 0.05) is 17.6 Å². The molecule has 0 saturated heterocycles. The van der Waals surface area contributed by atoms with Gasteiger partial charge in [0.15, 0.2) is 0 Å². The molecule has 0 spiro atoms. The minimum atomic E-state index is -0.455. The number of amides is 1. The second-order valence-corrected chi connectivity index (χ2v) is 4.27. The third kappa shape index (κ3) is 2.52. The lowest BCUT2D eigenvalue weighted by Crippen LogP contribution is -2.15. The number of carbonyl (C=O) groups is 1. The van der Waals surface area contributed by atoms with Gasteiger partial charge in [-0.1, -0.05) is 0 Å². The maximum Gasteiger partial charge on any atom is 0.258 e. The van der Waals surface area contributed by atoms with Gasteiger partial charge in [-0.25, -0.2) is 4.39 Å². The molecule has 0 aliphatic rings. The summed E-state index contributed by atoms with van der Waals surface area (Å²) < 4.78 is 15.1. The van der Waals surface area contributed by atoms with E-state index in [0.29, 0.717) is 10.3 Å². The predicted molar refractivity (Wildman–Crippen MR) is 65.3 cm³/mol. The van der Waals surface area contributed by atoms with E-state index in [1.807, 2.05) is 0 Å². The van der Waals surface area contributed by atoms with E-state index in [4.69, 9.17) is 0 Å². The van der Waals surface area contributed by atoms with E-state index in [1.54, 1.807) is 19.3 Å². The van der Waals surface area contributed by atoms with Gasteiger partial charge < -0.3 is 5.32 Å². The second-order valence-electron chi connectivity index (χ2n) is 3.42. The van der Waals surface area contributed by atoms with Gasteiger partial charge >= 0.3 is 0 Å². The highest BCUT2D eigenvalue weighted by Crippen LogP contribution is 2.19. The molecule has 1 aromatic carbocycles. The minimum absolute atomic E-state index is 0.242. The van der Waals surface area contributed by atoms with Crippen LogP contribution in [0.3, 0.4) is 0 Å². The van der Waals surface area contributed by atoms with Crippen molar-refractivity contribution in [3.8, 4) is 0 Å². The number of aryl methyl sites for hydroxylation is 1. The van der Waals surface area contributed by atoms with Crippen LogP contribution in [0.1, 0.15) is 10.4 Å². The minimum Gasteiger partial charge on any atom is -0.307 e. The summed E-state index contributed by atoms with van der Waals surface area (Å²) in [7, 11) is 1.70. The highest BCUT2D eigenvalue weighted by molar-refractivity contribution is 9.10. The first-order valence-electron chi connectivity index (χ1n) is 4.82. The van der Waals surface area contributed by atoms with Crippen LogP contribution in [0.2, 0.25) is 0 Å². The van der Waals surface area contributed by atoms with Gasteiger partial charge in [-0.05, 0) is 34.1 Å². The Hall–Kier alpha value is -1.69. The molecule has 17 heavy (non-hydrogen) atoms. The number of hydrogen-bond donors (Lipinski definition) is 1. The van der Waals surface area contributed by atoms with Crippen molar-refractivity contribution in [1.29, 1.82) is 0 Å². The topological polar surface area (TPSA) is 46.9 Å². The molecule has 1 amide bonds. The molecular formula is C11H9BrFN3O. The van der Waals surface area contributed by atoms with E-state index in [1.165, 1.54) is 22.9 Å². The Morgan fingerprint density at radius 2 is 2.24 bits per heavy atom. The fourth-order valence-corrected chi connectivity index (χ4v) is 1.78. The second kappa shape index (κ2) is 4.67. The van der Waals surface area contributed by atoms with Crippen LogP contribution in [-0.4, -0.2) is 15.7 Å². The molecule has 1 N–H and O–H groups in total. The molecule has 6 heteroatoms. The van der Waals surface area contributed by atoms with Crippen LogP contribution in [0.5, 0.6) is 0 Å². The van der Waals surface area contributed by atoms with Gasteiger partial charge in [0.05, 0.1) is 11.8 Å². The van der Waals surface area contributed by atoms with E-state index >= 15 is 0 Å². The molecule has 0 radical (unpaired) electrons. The van der Waals surface area contributed by atoms with Crippen molar-refractivity contribution in [2.75, 3.05) is 5.32 Å². The smallest absolute Gasteiger partial charge is 0.258 e. The summed E-state index contributed by atoms with van der Waals surface area (Å²) in [4.78, 5) is 11.9. The molecule has 0 aliphatic carbocycles. The van der Waals surface area contributed by atoms with E-state index in [0.717, 1.165) is 0 Å². The number of halogens is 2. The van der Waals surface area contributed by atoms with Crippen LogP contribution in [0, 0.1) is 5.82 Å². The normalized spacial score (nSPS) is 10.3. The number of anilines is 1. The number of hydrogen-bond acceptors (Lipinski definition) is 2. The summed E-state index contributed by atoms with van der Waals surface area (Å²) in [5, 5.41) is 6.56. The zero-order chi connectivity index (χ0) is 12.4. The van der Waals surface area contributed by atoms with Crippen molar-refractivity contribution >= 4 is 27.7 Å². The van der Waals surface area contributed by atoms with Gasteiger partial charge in [-0.3, -0.25) is 9.48 Å². The van der Waals surface area contributed by atoms with Crippen molar-refractivity contribution in [3.63, 3.8) is 0 Å². The largest absolute Gasteiger partial charge is 0.307 e. The number of aromatic nitrogens is 2. The van der Waals surface area contributed by atoms with Crippen LogP contribution in [0.4, 0.5) is 10.2 Å². The third-order valence-electron chi connectivity index (χ3n) is 2.24. The van der Waals surface area contributed by atoms with Crippen LogP contribution in [0.15, 0.2) is 34.9 Å². The summed E-state index contributed by atoms with van der Waals surface area (Å²) in [6, 6.07) is 5.61. The van der Waals surface area contributed by atoms with Crippen molar-refractivity contribution < 1.29 is 9.18 Å². The Kier molecular flexibility index (Phi) is 3.23. The lowest BCUT2D eigenvalue weighted by Gasteiger charge is -2.06. The summed E-state index contributed by atoms with van der Waals surface area (Å²) >= 11 is 3.20. The Morgan fingerprint density at radius 3 is 2.88 bits per heavy atom. The van der Waals surface area contributed by atoms with Gasteiger partial charge in [0.2, 0.25) is 0 Å². The molecule has 0 saturated carbocycles. The Bertz CT molecular complexity index is 568. The molecule has 2 aromatic rings. The lowest BCUT2D eigenvalue weighted by atomic mass is 10.2. The van der Waals surface area contributed by atoms with Crippen LogP contribution in [0.25, 0.3) is 0 Å². The van der Waals surface area contributed by atoms with Crippen molar-refractivity contribution in [2.24, 2.45) is 7.05 Å². The molecule has 1 aromatic heterocycles. The zero-order valence-corrected chi connectivity index (χ0v) is 10.5. The molecule has 0 bridgehead atoms. The Morgan fingerprint density at radius 1 is 1.47 bits per heavy atom. The molecule has 2 rings (SSSR count). The molecule has 0 unspecified atom stereocenters. The SMILES string of the molecule is Cn1nccc1NC(=O)c1cc(F)ccc1Br. The number of nitrogens with zero attached hydrogens (tertiary/aromatic N) is 2. The first-order chi connectivity index (χ1) is 8.08. The lowest BCUT2D eigenvalue weighted by molar-refractivity contribution is 0.102. The first kappa shape index (κ1) is 11.8. The molecule has 0 fully saturated rings. The van der Waals surface area contributed by atoms with Crippen LogP contribution in [-0.2, 0) is 7.05 Å². The highest BCUT2D eigenvalue weighted by Gasteiger charge is 2.12. The predicted octanol–water partition coefficient (Wildman–Crippen LogP) is 2.57. The van der Waals surface area contributed by atoms with Crippen LogP contribution >= 0.6 is 15.9 Å². The average molecular weight is 298 g/mol. The third-order valence-corrected chi connectivity index (χ3v) is 2.93. The molecule has 0 aliphatic heterocycles. The standard InChI is InChI=1S/C11H9BrFN3O/c1-16-10(4-5-14-16)15-11(17)8-6-7(13)2-3-9(8)12/h2-6H,1H3,(H,15,17). The number of nitrogens with one attached hydrogen (secondary N) is 1. The molecule has 4 nitrogen and oxygen atoms in total. The quantitative estimate of drug-likeness (QED) is 0.926. The fraction of sp³-hybridized carbons (Fsp3) is 0.0909. The Labute approximate surface area is 106 Å². The molecular weight excluding hydrogens is 289 g/mol. The molecule has 88 valence electrons. The zero-order valence-electron chi connectivity index (χ0n) is 8.95. The van der Waals surface area contributed by atoms with Crippen LogP contribution < -0.4 is 5.32 Å². The molecule has 0 atom stereocenters. The van der Waals surface area contributed by atoms with Gasteiger partial charge in [0.1, 0.15) is 11.6 Å². The van der Waals surface area contributed by atoms with Gasteiger partial charge in [-0.15, -0.1) is 0 Å². The van der Waals surface area contributed by atoms with Crippen molar-refractivity contribution in [3.05, 3.63) is 46.3 Å². The van der Waals surface area contributed by atoms with Crippen molar-refractivity contribution in [1.82, 2.24) is 9.78 Å². The first-order valence-corrected chi connectivity index (χ1v) is 5.61. The summed E-state index contributed by atoms with van der Waals surface area (Å²) in [5.74, 6) is -0.297. The molecule has 1 heterocycles. The Balaban J connectivity index is 2.26. The number of benzene rings is 1. The van der Waals surface area contributed by atoms with Gasteiger partial charge in [0.25, 0.3) is 5.91 Å². The fourth-order valence-electron chi connectivity index (χ4n) is 1.35. The highest BCUT2D eigenvalue weighted by atomic mass is 79.9. The van der Waals surface area contributed by atoms with Crippen molar-refractivity contribution in [2.45, 2.75) is 0 Å². The van der Waals surface area contributed by atoms with E-state index in [2.05, 4.69) is 26.3 Å². The van der Waals surface area contributed by atoms with E-state index in [-0.39, 0.29) is 11.5 Å². The number of rotatable bonds is 2. The van der Waals surface area contributed by atoms with E-state index in [9.17, 15) is 9.18 Å². The number of carbonyl (C=O) groups excluding carboxylic acids is 1.